The maximum absolute atomic E-state index is 5.74. The molecule has 1 N–H and O–H groups in total. The molecule has 1 aliphatic rings. The highest BCUT2D eigenvalue weighted by Gasteiger charge is 2.27. The molecule has 1 heterocycles. The van der Waals surface area contributed by atoms with E-state index in [4.69, 9.17) is 4.74 Å². The number of benzene rings is 1. The van der Waals surface area contributed by atoms with Crippen LogP contribution in [0.3, 0.4) is 0 Å². The Hall–Kier alpha value is -1.02. The van der Waals surface area contributed by atoms with Gasteiger partial charge in [-0.1, -0.05) is 26.0 Å². The SMILES string of the molecule is CCOc1cccc2c1C(C)C(CC)NC2. The fraction of sp³-hybridized carbons (Fsp3) is 0.571. The van der Waals surface area contributed by atoms with Crippen LogP contribution in [0, 0.1) is 0 Å². The highest BCUT2D eigenvalue weighted by Crippen LogP contribution is 2.36. The first-order valence-electron chi connectivity index (χ1n) is 6.25. The summed E-state index contributed by atoms with van der Waals surface area (Å²) in [6.45, 7) is 8.29. The number of hydrogen-bond donors (Lipinski definition) is 1. The zero-order valence-corrected chi connectivity index (χ0v) is 10.4. The van der Waals surface area contributed by atoms with Crippen molar-refractivity contribution in [1.82, 2.24) is 5.32 Å². The first-order valence-corrected chi connectivity index (χ1v) is 6.25. The summed E-state index contributed by atoms with van der Waals surface area (Å²) in [5, 5.41) is 3.59. The molecule has 16 heavy (non-hydrogen) atoms. The molecule has 2 atom stereocenters. The third-order valence-corrected chi connectivity index (χ3v) is 3.51. The predicted molar refractivity (Wildman–Crippen MR) is 66.9 cm³/mol. The van der Waals surface area contributed by atoms with Gasteiger partial charge in [-0.3, -0.25) is 0 Å². The van der Waals surface area contributed by atoms with Crippen molar-refractivity contribution < 1.29 is 4.74 Å². The Balaban J connectivity index is 2.38. The van der Waals surface area contributed by atoms with Crippen molar-refractivity contribution in [2.75, 3.05) is 6.61 Å². The molecular formula is C14H21NO. The monoisotopic (exact) mass is 219 g/mol. The van der Waals surface area contributed by atoms with Gasteiger partial charge in [-0.05, 0) is 25.0 Å². The van der Waals surface area contributed by atoms with E-state index in [1.807, 2.05) is 6.92 Å². The maximum Gasteiger partial charge on any atom is 0.123 e. The fourth-order valence-electron chi connectivity index (χ4n) is 2.66. The molecule has 0 saturated carbocycles. The number of ether oxygens (including phenoxy) is 1. The third-order valence-electron chi connectivity index (χ3n) is 3.51. The average Bonchev–Trinajstić information content (AvgIpc) is 2.30. The van der Waals surface area contributed by atoms with Crippen LogP contribution >= 0.6 is 0 Å². The second-order valence-electron chi connectivity index (χ2n) is 4.45. The van der Waals surface area contributed by atoms with Gasteiger partial charge in [-0.15, -0.1) is 0 Å². The predicted octanol–water partition coefficient (Wildman–Crippen LogP) is 3.07. The van der Waals surface area contributed by atoms with Crippen LogP contribution in [0.4, 0.5) is 0 Å². The minimum Gasteiger partial charge on any atom is -0.494 e. The van der Waals surface area contributed by atoms with Gasteiger partial charge in [0.2, 0.25) is 0 Å². The van der Waals surface area contributed by atoms with E-state index < -0.39 is 0 Å². The van der Waals surface area contributed by atoms with Crippen molar-refractivity contribution in [1.29, 1.82) is 0 Å². The topological polar surface area (TPSA) is 21.3 Å². The normalized spacial score (nSPS) is 23.9. The van der Waals surface area contributed by atoms with Crippen LogP contribution in [0.5, 0.6) is 5.75 Å². The van der Waals surface area contributed by atoms with Gasteiger partial charge >= 0.3 is 0 Å². The Kier molecular flexibility index (Phi) is 3.49. The lowest BCUT2D eigenvalue weighted by Crippen LogP contribution is -2.37. The van der Waals surface area contributed by atoms with Crippen molar-refractivity contribution in [3.05, 3.63) is 29.3 Å². The molecule has 0 bridgehead atoms. The highest BCUT2D eigenvalue weighted by atomic mass is 16.5. The summed E-state index contributed by atoms with van der Waals surface area (Å²) in [6, 6.07) is 6.96. The summed E-state index contributed by atoms with van der Waals surface area (Å²) in [4.78, 5) is 0. The molecule has 1 aromatic carbocycles. The molecule has 2 rings (SSSR count). The summed E-state index contributed by atoms with van der Waals surface area (Å²) >= 11 is 0. The summed E-state index contributed by atoms with van der Waals surface area (Å²) in [6.07, 6.45) is 1.17. The van der Waals surface area contributed by atoms with E-state index in [2.05, 4.69) is 37.4 Å². The smallest absolute Gasteiger partial charge is 0.123 e. The molecule has 0 amide bonds. The van der Waals surface area contributed by atoms with Crippen LogP contribution in [0.15, 0.2) is 18.2 Å². The zero-order valence-electron chi connectivity index (χ0n) is 10.4. The van der Waals surface area contributed by atoms with Crippen LogP contribution < -0.4 is 10.1 Å². The number of nitrogens with one attached hydrogen (secondary N) is 1. The van der Waals surface area contributed by atoms with Crippen molar-refractivity contribution >= 4 is 0 Å². The molecule has 2 nitrogen and oxygen atoms in total. The highest BCUT2D eigenvalue weighted by molar-refractivity contribution is 5.44. The summed E-state index contributed by atoms with van der Waals surface area (Å²) < 4.78 is 5.74. The lowest BCUT2D eigenvalue weighted by molar-refractivity contribution is 0.322. The van der Waals surface area contributed by atoms with Gasteiger partial charge in [0.25, 0.3) is 0 Å². The summed E-state index contributed by atoms with van der Waals surface area (Å²) in [5.74, 6) is 1.61. The minimum absolute atomic E-state index is 0.538. The first kappa shape index (κ1) is 11.5. The van der Waals surface area contributed by atoms with Crippen LogP contribution in [-0.4, -0.2) is 12.6 Å². The van der Waals surface area contributed by atoms with Gasteiger partial charge in [0.15, 0.2) is 0 Å². The molecule has 1 aromatic rings. The van der Waals surface area contributed by atoms with Gasteiger partial charge in [0.1, 0.15) is 5.75 Å². The molecule has 1 aliphatic heterocycles. The van der Waals surface area contributed by atoms with Gasteiger partial charge in [0.05, 0.1) is 6.61 Å². The van der Waals surface area contributed by atoms with Gasteiger partial charge in [0, 0.05) is 24.1 Å². The Morgan fingerprint density at radius 1 is 1.38 bits per heavy atom. The Morgan fingerprint density at radius 3 is 2.88 bits per heavy atom. The summed E-state index contributed by atoms with van der Waals surface area (Å²) in [7, 11) is 0. The van der Waals surface area contributed by atoms with Crippen molar-refractivity contribution in [3.63, 3.8) is 0 Å². The molecule has 0 fully saturated rings. The Bertz CT molecular complexity index is 362. The van der Waals surface area contributed by atoms with E-state index in [0.29, 0.717) is 12.0 Å². The molecule has 0 spiro atoms. The number of rotatable bonds is 3. The van der Waals surface area contributed by atoms with Crippen molar-refractivity contribution in [3.8, 4) is 5.75 Å². The maximum atomic E-state index is 5.74. The van der Waals surface area contributed by atoms with E-state index in [9.17, 15) is 0 Å². The molecule has 0 aliphatic carbocycles. The van der Waals surface area contributed by atoms with Crippen LogP contribution in [-0.2, 0) is 6.54 Å². The lowest BCUT2D eigenvalue weighted by atomic mass is 9.84. The molecule has 2 unspecified atom stereocenters. The second-order valence-corrected chi connectivity index (χ2v) is 4.45. The van der Waals surface area contributed by atoms with Crippen LogP contribution in [0.1, 0.15) is 44.2 Å². The molecule has 0 radical (unpaired) electrons. The van der Waals surface area contributed by atoms with Gasteiger partial charge in [-0.25, -0.2) is 0 Å². The van der Waals surface area contributed by atoms with E-state index in [0.717, 1.165) is 18.9 Å². The van der Waals surface area contributed by atoms with E-state index in [1.165, 1.54) is 17.5 Å². The van der Waals surface area contributed by atoms with Crippen LogP contribution in [0.25, 0.3) is 0 Å². The average molecular weight is 219 g/mol. The number of fused-ring (bicyclic) bond motifs is 1. The zero-order chi connectivity index (χ0) is 11.5. The lowest BCUT2D eigenvalue weighted by Gasteiger charge is -2.33. The molecule has 88 valence electrons. The Morgan fingerprint density at radius 2 is 2.19 bits per heavy atom. The van der Waals surface area contributed by atoms with E-state index >= 15 is 0 Å². The molecular weight excluding hydrogens is 198 g/mol. The Labute approximate surface area is 98.0 Å². The molecule has 0 saturated heterocycles. The first-order chi connectivity index (χ1) is 7.77. The second kappa shape index (κ2) is 4.88. The fourth-order valence-corrected chi connectivity index (χ4v) is 2.66. The third kappa shape index (κ3) is 1.94. The molecule has 2 heteroatoms. The minimum atomic E-state index is 0.538. The van der Waals surface area contributed by atoms with E-state index in [-0.39, 0.29) is 0 Å². The standard InChI is InChI=1S/C14H21NO/c1-4-12-10(3)14-11(9-15-12)7-6-8-13(14)16-5-2/h6-8,10,12,15H,4-5,9H2,1-3H3. The van der Waals surface area contributed by atoms with Gasteiger partial charge < -0.3 is 10.1 Å². The van der Waals surface area contributed by atoms with Gasteiger partial charge in [-0.2, -0.15) is 0 Å². The largest absolute Gasteiger partial charge is 0.494 e. The summed E-state index contributed by atoms with van der Waals surface area (Å²) in [5.41, 5.74) is 2.80. The quantitative estimate of drug-likeness (QED) is 0.843. The number of hydrogen-bond acceptors (Lipinski definition) is 2. The van der Waals surface area contributed by atoms with Crippen molar-refractivity contribution in [2.24, 2.45) is 0 Å². The van der Waals surface area contributed by atoms with Crippen molar-refractivity contribution in [2.45, 2.75) is 45.7 Å². The van der Waals surface area contributed by atoms with E-state index in [1.54, 1.807) is 0 Å². The molecule has 0 aromatic heterocycles. The van der Waals surface area contributed by atoms with Crippen LogP contribution in [0.2, 0.25) is 0 Å².